The van der Waals surface area contributed by atoms with Gasteiger partial charge in [-0.05, 0) is 17.7 Å². The van der Waals surface area contributed by atoms with Gasteiger partial charge in [0, 0.05) is 30.9 Å². The van der Waals surface area contributed by atoms with E-state index in [2.05, 4.69) is 17.2 Å². The molecule has 1 amide bonds. The van der Waals surface area contributed by atoms with Crippen molar-refractivity contribution in [2.75, 3.05) is 28.4 Å². The normalized spacial score (nSPS) is 10.5. The molecule has 1 aromatic heterocycles. The van der Waals surface area contributed by atoms with Crippen molar-refractivity contribution in [2.24, 2.45) is 0 Å². The Balaban J connectivity index is 1.72. The first kappa shape index (κ1) is 20.3. The number of carbonyl (C=O) groups is 1. The smallest absolute Gasteiger partial charge is 0.254 e. The quantitative estimate of drug-likeness (QED) is 0.586. The summed E-state index contributed by atoms with van der Waals surface area (Å²) in [6.07, 6.45) is 3.73. The summed E-state index contributed by atoms with van der Waals surface area (Å²) in [5.74, 6) is 1.19. The van der Waals surface area contributed by atoms with Crippen LogP contribution in [0.2, 0.25) is 0 Å². The Labute approximate surface area is 170 Å². The zero-order valence-electron chi connectivity index (χ0n) is 17.1. The minimum absolute atomic E-state index is 0.153. The molecule has 7 nitrogen and oxygen atoms in total. The maximum absolute atomic E-state index is 12.9. The average Bonchev–Trinajstić information content (AvgIpc) is 3.19. The molecule has 29 heavy (non-hydrogen) atoms. The number of hydrogen-bond donors (Lipinski definition) is 0. The molecule has 0 radical (unpaired) electrons. The zero-order chi connectivity index (χ0) is 20.8. The highest BCUT2D eigenvalue weighted by Gasteiger charge is 2.19. The summed E-state index contributed by atoms with van der Waals surface area (Å²) in [6.45, 7) is 1.12. The number of carbonyl (C=O) groups excluding carboxylic acids is 1. The number of ether oxygens (including phenoxy) is 3. The van der Waals surface area contributed by atoms with Crippen molar-refractivity contribution >= 4 is 5.91 Å². The highest BCUT2D eigenvalue weighted by Crippen LogP contribution is 2.38. The molecule has 0 bridgehead atoms. The van der Waals surface area contributed by atoms with Gasteiger partial charge in [0.2, 0.25) is 5.75 Å². The fraction of sp³-hybridized carbons (Fsp3) is 0.273. The minimum atomic E-state index is -0.153. The molecule has 0 fully saturated rings. The van der Waals surface area contributed by atoms with Gasteiger partial charge in [-0.15, -0.1) is 0 Å². The van der Waals surface area contributed by atoms with Crippen molar-refractivity contribution in [3.05, 3.63) is 71.5 Å². The van der Waals surface area contributed by atoms with Crippen LogP contribution in [0.3, 0.4) is 0 Å². The highest BCUT2D eigenvalue weighted by atomic mass is 16.5. The molecule has 7 heteroatoms. The molecule has 0 aliphatic heterocycles. The van der Waals surface area contributed by atoms with E-state index >= 15 is 0 Å². The molecule has 0 N–H and O–H groups in total. The summed E-state index contributed by atoms with van der Waals surface area (Å²) in [5, 5.41) is 4.40. The van der Waals surface area contributed by atoms with Crippen molar-refractivity contribution < 1.29 is 19.0 Å². The zero-order valence-corrected chi connectivity index (χ0v) is 17.1. The Bertz CT molecular complexity index is 944. The standard InChI is InChI=1S/C22H25N3O4/c1-24(13-17-12-23-25(15-17)14-16-8-6-5-7-9-16)22(26)18-10-19(27-2)21(29-4)20(11-18)28-3/h5-12,15H,13-14H2,1-4H3. The molecule has 0 atom stereocenters. The molecule has 152 valence electrons. The van der Waals surface area contributed by atoms with Crippen molar-refractivity contribution in [1.82, 2.24) is 14.7 Å². The molecule has 0 unspecified atom stereocenters. The van der Waals surface area contributed by atoms with E-state index in [1.807, 2.05) is 29.1 Å². The molecule has 0 saturated carbocycles. The van der Waals surface area contributed by atoms with Crippen molar-refractivity contribution in [1.29, 1.82) is 0 Å². The van der Waals surface area contributed by atoms with Crippen molar-refractivity contribution in [2.45, 2.75) is 13.1 Å². The third-order valence-corrected chi connectivity index (χ3v) is 4.55. The first-order valence-electron chi connectivity index (χ1n) is 9.16. The van der Waals surface area contributed by atoms with Gasteiger partial charge in [0.05, 0.1) is 34.1 Å². The van der Waals surface area contributed by atoms with Crippen molar-refractivity contribution in [3.8, 4) is 17.2 Å². The molecule has 0 aliphatic carbocycles. The fourth-order valence-electron chi connectivity index (χ4n) is 3.12. The van der Waals surface area contributed by atoms with Gasteiger partial charge in [-0.1, -0.05) is 30.3 Å². The highest BCUT2D eigenvalue weighted by molar-refractivity contribution is 5.95. The van der Waals surface area contributed by atoms with Crippen molar-refractivity contribution in [3.63, 3.8) is 0 Å². The Morgan fingerprint density at radius 2 is 1.66 bits per heavy atom. The Kier molecular flexibility index (Phi) is 6.39. The van der Waals surface area contributed by atoms with Crippen LogP contribution in [0, 0.1) is 0 Å². The molecule has 3 rings (SSSR count). The van der Waals surface area contributed by atoms with Gasteiger partial charge < -0.3 is 19.1 Å². The van der Waals surface area contributed by atoms with E-state index in [9.17, 15) is 4.79 Å². The van der Waals surface area contributed by atoms with E-state index in [-0.39, 0.29) is 5.91 Å². The van der Waals surface area contributed by atoms with Crippen LogP contribution in [0.5, 0.6) is 17.2 Å². The second kappa shape index (κ2) is 9.14. The largest absolute Gasteiger partial charge is 0.493 e. The number of hydrogen-bond acceptors (Lipinski definition) is 5. The van der Waals surface area contributed by atoms with Crippen LogP contribution in [-0.2, 0) is 13.1 Å². The maximum Gasteiger partial charge on any atom is 0.254 e. The molecule has 0 saturated heterocycles. The van der Waals surface area contributed by atoms with Crippen LogP contribution in [0.1, 0.15) is 21.5 Å². The Morgan fingerprint density at radius 1 is 1.00 bits per heavy atom. The van der Waals surface area contributed by atoms with Gasteiger partial charge in [0.15, 0.2) is 11.5 Å². The minimum Gasteiger partial charge on any atom is -0.493 e. The second-order valence-corrected chi connectivity index (χ2v) is 6.61. The van der Waals surface area contributed by atoms with E-state index in [1.54, 1.807) is 30.3 Å². The van der Waals surface area contributed by atoms with Crippen LogP contribution in [-0.4, -0.2) is 49.0 Å². The van der Waals surface area contributed by atoms with Gasteiger partial charge in [-0.2, -0.15) is 5.10 Å². The molecular weight excluding hydrogens is 370 g/mol. The number of benzene rings is 2. The topological polar surface area (TPSA) is 65.8 Å². The van der Waals surface area contributed by atoms with Crippen LogP contribution in [0.15, 0.2) is 54.9 Å². The van der Waals surface area contributed by atoms with Crippen LogP contribution in [0.25, 0.3) is 0 Å². The van der Waals surface area contributed by atoms with Gasteiger partial charge in [-0.25, -0.2) is 0 Å². The summed E-state index contributed by atoms with van der Waals surface area (Å²) in [5.41, 5.74) is 2.58. The lowest BCUT2D eigenvalue weighted by Gasteiger charge is -2.18. The summed E-state index contributed by atoms with van der Waals surface area (Å²) in [4.78, 5) is 14.6. The molecule has 1 heterocycles. The molecular formula is C22H25N3O4. The summed E-state index contributed by atoms with van der Waals surface area (Å²) >= 11 is 0. The number of aromatic nitrogens is 2. The SMILES string of the molecule is COc1cc(C(=O)N(C)Cc2cnn(Cc3ccccc3)c2)cc(OC)c1OC. The summed E-state index contributed by atoms with van der Waals surface area (Å²) < 4.78 is 17.9. The van der Waals surface area contributed by atoms with E-state index in [4.69, 9.17) is 14.2 Å². The third kappa shape index (κ3) is 4.68. The first-order valence-corrected chi connectivity index (χ1v) is 9.16. The predicted molar refractivity (Wildman–Crippen MR) is 110 cm³/mol. The average molecular weight is 395 g/mol. The lowest BCUT2D eigenvalue weighted by Crippen LogP contribution is -2.26. The Morgan fingerprint density at radius 3 is 2.24 bits per heavy atom. The van der Waals surface area contributed by atoms with Crippen LogP contribution < -0.4 is 14.2 Å². The fourth-order valence-corrected chi connectivity index (χ4v) is 3.12. The van der Waals surface area contributed by atoms with Gasteiger partial charge >= 0.3 is 0 Å². The lowest BCUT2D eigenvalue weighted by molar-refractivity contribution is 0.0784. The van der Waals surface area contributed by atoms with E-state index in [0.717, 1.165) is 5.56 Å². The predicted octanol–water partition coefficient (Wildman–Crippen LogP) is 3.23. The molecule has 0 spiro atoms. The first-order chi connectivity index (χ1) is 14.0. The van der Waals surface area contributed by atoms with Gasteiger partial charge in [-0.3, -0.25) is 9.48 Å². The summed E-state index contributed by atoms with van der Waals surface area (Å²) in [6, 6.07) is 13.4. The van der Waals surface area contributed by atoms with E-state index in [1.165, 1.54) is 26.9 Å². The molecule has 0 aliphatic rings. The second-order valence-electron chi connectivity index (χ2n) is 6.61. The number of nitrogens with zero attached hydrogens (tertiary/aromatic N) is 3. The maximum atomic E-state index is 12.9. The van der Waals surface area contributed by atoms with Crippen LogP contribution in [0.4, 0.5) is 0 Å². The van der Waals surface area contributed by atoms with E-state index < -0.39 is 0 Å². The van der Waals surface area contributed by atoms with E-state index in [0.29, 0.717) is 35.9 Å². The van der Waals surface area contributed by atoms with Gasteiger partial charge in [0.1, 0.15) is 0 Å². The number of methoxy groups -OCH3 is 3. The third-order valence-electron chi connectivity index (χ3n) is 4.55. The molecule has 2 aromatic carbocycles. The van der Waals surface area contributed by atoms with Crippen LogP contribution >= 0.6 is 0 Å². The summed E-state index contributed by atoms with van der Waals surface area (Å²) in [7, 11) is 6.33. The lowest BCUT2D eigenvalue weighted by atomic mass is 10.1. The Hall–Kier alpha value is -3.48. The molecule has 3 aromatic rings. The van der Waals surface area contributed by atoms with Gasteiger partial charge in [0.25, 0.3) is 5.91 Å². The monoisotopic (exact) mass is 395 g/mol. The number of amides is 1. The number of rotatable bonds is 8.